The van der Waals surface area contributed by atoms with E-state index in [0.29, 0.717) is 28.0 Å². The topological polar surface area (TPSA) is 171 Å². The summed E-state index contributed by atoms with van der Waals surface area (Å²) in [6.45, 7) is 1.09. The highest BCUT2D eigenvalue weighted by Crippen LogP contribution is 2.30. The number of urea groups is 1. The minimum Gasteiger partial charge on any atom is -0.324 e. The predicted molar refractivity (Wildman–Crippen MR) is 114 cm³/mol. The summed E-state index contributed by atoms with van der Waals surface area (Å²) < 4.78 is 1.42. The number of fused-ring (bicyclic) bond motifs is 1. The molecule has 33 heavy (non-hydrogen) atoms. The standard InChI is InChI=1S/C20H17N9O4/c1-20(11-3-2-4-13(7-11)29-10-21-26-27-29)17(31)28(19(33)25-20)9-16(30)22-12-5-6-14-15(8-12)24-18(32)23-14/h2-8,10H,9H2,1H3,(H,22,30)(H,25,33)(H2,23,24,32). The number of nitrogens with one attached hydrogen (secondary N) is 4. The van der Waals surface area contributed by atoms with E-state index >= 15 is 0 Å². The molecule has 0 saturated carbocycles. The quantitative estimate of drug-likeness (QED) is 0.317. The zero-order chi connectivity index (χ0) is 23.2. The molecule has 4 aromatic rings. The second kappa shape index (κ2) is 7.40. The van der Waals surface area contributed by atoms with Crippen LogP contribution in [0.15, 0.2) is 53.6 Å². The first-order valence-corrected chi connectivity index (χ1v) is 9.83. The highest BCUT2D eigenvalue weighted by atomic mass is 16.2. The van der Waals surface area contributed by atoms with E-state index in [4.69, 9.17) is 0 Å². The van der Waals surface area contributed by atoms with Crippen molar-refractivity contribution in [2.75, 3.05) is 11.9 Å². The van der Waals surface area contributed by atoms with Crippen molar-refractivity contribution in [3.63, 3.8) is 0 Å². The molecule has 1 atom stereocenters. The van der Waals surface area contributed by atoms with Crippen molar-refractivity contribution in [2.24, 2.45) is 0 Å². The van der Waals surface area contributed by atoms with E-state index in [0.717, 1.165) is 4.90 Å². The Morgan fingerprint density at radius 1 is 1.09 bits per heavy atom. The number of imide groups is 1. The minimum atomic E-state index is -1.37. The maximum absolute atomic E-state index is 13.2. The third kappa shape index (κ3) is 3.50. The highest BCUT2D eigenvalue weighted by Gasteiger charge is 2.49. The lowest BCUT2D eigenvalue weighted by Gasteiger charge is -2.22. The molecule has 166 valence electrons. The maximum Gasteiger partial charge on any atom is 0.325 e. The van der Waals surface area contributed by atoms with Crippen LogP contribution < -0.4 is 16.3 Å². The number of tetrazole rings is 1. The number of aromatic amines is 2. The van der Waals surface area contributed by atoms with Crippen LogP contribution in [0, 0.1) is 0 Å². The largest absolute Gasteiger partial charge is 0.325 e. The minimum absolute atomic E-state index is 0.365. The average molecular weight is 447 g/mol. The fourth-order valence-corrected chi connectivity index (χ4v) is 3.73. The summed E-state index contributed by atoms with van der Waals surface area (Å²) in [7, 11) is 0. The van der Waals surface area contributed by atoms with Gasteiger partial charge in [-0.1, -0.05) is 12.1 Å². The number of anilines is 1. The zero-order valence-electron chi connectivity index (χ0n) is 17.2. The molecule has 1 saturated heterocycles. The summed E-state index contributed by atoms with van der Waals surface area (Å²) in [5, 5.41) is 16.3. The van der Waals surface area contributed by atoms with Gasteiger partial charge in [0.05, 0.1) is 16.7 Å². The number of amides is 4. The Kier molecular flexibility index (Phi) is 4.51. The van der Waals surface area contributed by atoms with Crippen LogP contribution in [-0.4, -0.2) is 59.5 Å². The Labute approximate surface area is 184 Å². The molecule has 13 nitrogen and oxygen atoms in total. The van der Waals surface area contributed by atoms with E-state index in [9.17, 15) is 19.2 Å². The van der Waals surface area contributed by atoms with Crippen LogP contribution in [0.2, 0.25) is 0 Å². The Hall–Kier alpha value is -4.81. The van der Waals surface area contributed by atoms with Crippen molar-refractivity contribution >= 4 is 34.6 Å². The van der Waals surface area contributed by atoms with Gasteiger partial charge in [0.1, 0.15) is 18.4 Å². The van der Waals surface area contributed by atoms with Gasteiger partial charge in [-0.25, -0.2) is 14.3 Å². The predicted octanol–water partition coefficient (Wildman–Crippen LogP) is 0.238. The lowest BCUT2D eigenvalue weighted by Crippen LogP contribution is -2.42. The molecule has 0 spiro atoms. The Morgan fingerprint density at radius 3 is 2.70 bits per heavy atom. The average Bonchev–Trinajstić information content (AvgIpc) is 3.49. The third-order valence-electron chi connectivity index (χ3n) is 5.41. The number of aromatic nitrogens is 6. The number of benzene rings is 2. The summed E-state index contributed by atoms with van der Waals surface area (Å²) >= 11 is 0. The molecule has 0 bridgehead atoms. The number of hydrogen-bond acceptors (Lipinski definition) is 7. The number of imidazole rings is 1. The summed E-state index contributed by atoms with van der Waals surface area (Å²) in [6.07, 6.45) is 1.41. The SMILES string of the molecule is CC1(c2cccc(-n3cnnn3)c2)NC(=O)N(CC(=O)Nc2ccc3[nH]c(=O)[nH]c3c2)C1=O. The van der Waals surface area contributed by atoms with Crippen LogP contribution in [0.5, 0.6) is 0 Å². The van der Waals surface area contributed by atoms with Crippen molar-refractivity contribution in [1.82, 2.24) is 40.4 Å². The van der Waals surface area contributed by atoms with Gasteiger partial charge in [-0.3, -0.25) is 14.5 Å². The number of nitrogens with zero attached hydrogens (tertiary/aromatic N) is 5. The van der Waals surface area contributed by atoms with Crippen LogP contribution >= 0.6 is 0 Å². The molecule has 3 heterocycles. The van der Waals surface area contributed by atoms with Crippen LogP contribution in [0.4, 0.5) is 10.5 Å². The zero-order valence-corrected chi connectivity index (χ0v) is 17.2. The van der Waals surface area contributed by atoms with Crippen LogP contribution in [0.3, 0.4) is 0 Å². The van der Waals surface area contributed by atoms with Crippen molar-refractivity contribution in [2.45, 2.75) is 12.5 Å². The third-order valence-corrected chi connectivity index (χ3v) is 5.41. The van der Waals surface area contributed by atoms with Gasteiger partial charge >= 0.3 is 11.7 Å². The summed E-state index contributed by atoms with van der Waals surface area (Å²) in [4.78, 5) is 55.8. The van der Waals surface area contributed by atoms with Gasteiger partial charge in [0.2, 0.25) is 5.91 Å². The monoisotopic (exact) mass is 447 g/mol. The molecule has 2 aromatic carbocycles. The Bertz CT molecular complexity index is 1460. The number of carbonyl (C=O) groups excluding carboxylic acids is 3. The molecule has 2 aromatic heterocycles. The molecular formula is C20H17N9O4. The fraction of sp³-hybridized carbons (Fsp3) is 0.150. The number of H-pyrrole nitrogens is 2. The second-order valence-corrected chi connectivity index (χ2v) is 7.64. The molecule has 0 radical (unpaired) electrons. The first kappa shape index (κ1) is 20.1. The van der Waals surface area contributed by atoms with Crippen LogP contribution in [-0.2, 0) is 15.1 Å². The molecule has 1 aliphatic heterocycles. The first-order valence-electron chi connectivity index (χ1n) is 9.83. The highest BCUT2D eigenvalue weighted by molar-refractivity contribution is 6.10. The first-order chi connectivity index (χ1) is 15.8. The van der Waals surface area contributed by atoms with Gasteiger partial charge in [-0.2, -0.15) is 0 Å². The summed E-state index contributed by atoms with van der Waals surface area (Å²) in [5.41, 5.74) is 0.900. The van der Waals surface area contributed by atoms with E-state index in [-0.39, 0.29) is 5.69 Å². The molecule has 4 N–H and O–H groups in total. The lowest BCUT2D eigenvalue weighted by molar-refractivity contribution is -0.133. The number of rotatable bonds is 5. The van der Waals surface area contributed by atoms with Gasteiger partial charge in [0.15, 0.2) is 0 Å². The Balaban J connectivity index is 1.34. The van der Waals surface area contributed by atoms with E-state index in [2.05, 4.69) is 36.1 Å². The van der Waals surface area contributed by atoms with Crippen molar-refractivity contribution in [3.8, 4) is 5.69 Å². The summed E-state index contributed by atoms with van der Waals surface area (Å²) in [6, 6.07) is 11.0. The van der Waals surface area contributed by atoms with Gasteiger partial charge < -0.3 is 20.6 Å². The number of hydrogen-bond donors (Lipinski definition) is 4. The van der Waals surface area contributed by atoms with Gasteiger partial charge in [0.25, 0.3) is 5.91 Å². The molecule has 0 aliphatic carbocycles. The van der Waals surface area contributed by atoms with E-state index in [1.54, 1.807) is 49.4 Å². The second-order valence-electron chi connectivity index (χ2n) is 7.64. The van der Waals surface area contributed by atoms with Gasteiger partial charge in [0, 0.05) is 5.69 Å². The molecular weight excluding hydrogens is 430 g/mol. The van der Waals surface area contributed by atoms with Crippen LogP contribution in [0.25, 0.3) is 16.7 Å². The van der Waals surface area contributed by atoms with Crippen molar-refractivity contribution < 1.29 is 14.4 Å². The van der Waals surface area contributed by atoms with Crippen molar-refractivity contribution in [1.29, 1.82) is 0 Å². The maximum atomic E-state index is 13.2. The molecule has 1 unspecified atom stereocenters. The Morgan fingerprint density at radius 2 is 1.91 bits per heavy atom. The van der Waals surface area contributed by atoms with Gasteiger partial charge in [-0.15, -0.1) is 5.10 Å². The van der Waals surface area contributed by atoms with E-state index < -0.39 is 29.9 Å². The number of carbonyl (C=O) groups is 3. The lowest BCUT2D eigenvalue weighted by atomic mass is 9.91. The molecule has 1 aliphatic rings. The molecule has 4 amide bonds. The molecule has 5 rings (SSSR count). The van der Waals surface area contributed by atoms with E-state index in [1.165, 1.54) is 11.0 Å². The molecule has 13 heteroatoms. The normalized spacial score (nSPS) is 18.0. The fourth-order valence-electron chi connectivity index (χ4n) is 3.73. The van der Waals surface area contributed by atoms with Crippen molar-refractivity contribution in [3.05, 3.63) is 64.8 Å². The smallest absolute Gasteiger partial charge is 0.324 e. The van der Waals surface area contributed by atoms with Gasteiger partial charge in [-0.05, 0) is 53.2 Å². The van der Waals surface area contributed by atoms with Crippen LogP contribution in [0.1, 0.15) is 12.5 Å². The molecule has 1 fully saturated rings. The summed E-state index contributed by atoms with van der Waals surface area (Å²) in [5.74, 6) is -1.13. The van der Waals surface area contributed by atoms with E-state index in [1.807, 2.05) is 0 Å².